The summed E-state index contributed by atoms with van der Waals surface area (Å²) in [6.45, 7) is 2.46. The standard InChI is InChI=1S/C20H18N2O/c1-14(23)20-21-18-11-4-5-12-19(18)22(20)13-16-9-6-8-15-7-2-3-10-17(15)16/h2-12,14,23H,13H2,1H3. The molecule has 3 heteroatoms. The number of benzene rings is 3. The predicted molar refractivity (Wildman–Crippen MR) is 93.4 cm³/mol. The number of aliphatic hydroxyl groups is 1. The van der Waals surface area contributed by atoms with Gasteiger partial charge in [0.15, 0.2) is 0 Å². The second kappa shape index (κ2) is 5.52. The zero-order chi connectivity index (χ0) is 15.8. The normalized spacial score (nSPS) is 12.8. The van der Waals surface area contributed by atoms with Crippen molar-refractivity contribution in [2.75, 3.05) is 0 Å². The minimum atomic E-state index is -0.600. The summed E-state index contributed by atoms with van der Waals surface area (Å²) in [6, 6.07) is 22.8. The molecular weight excluding hydrogens is 284 g/mol. The first-order valence-electron chi connectivity index (χ1n) is 7.84. The van der Waals surface area contributed by atoms with E-state index in [2.05, 4.69) is 58.1 Å². The van der Waals surface area contributed by atoms with Gasteiger partial charge in [0, 0.05) is 0 Å². The Labute approximate surface area is 134 Å². The van der Waals surface area contributed by atoms with Crippen molar-refractivity contribution in [2.45, 2.75) is 19.6 Å². The van der Waals surface area contributed by atoms with Gasteiger partial charge in [-0.2, -0.15) is 0 Å². The van der Waals surface area contributed by atoms with Gasteiger partial charge in [-0.1, -0.05) is 54.6 Å². The number of hydrogen-bond donors (Lipinski definition) is 1. The average molecular weight is 302 g/mol. The Hall–Kier alpha value is -2.65. The van der Waals surface area contributed by atoms with Crippen molar-refractivity contribution in [1.29, 1.82) is 0 Å². The third kappa shape index (κ3) is 2.39. The summed E-state index contributed by atoms with van der Waals surface area (Å²) in [5.74, 6) is 0.708. The minimum Gasteiger partial charge on any atom is -0.385 e. The SMILES string of the molecule is CC(O)c1nc2ccccc2n1Cc1cccc2ccccc12. The topological polar surface area (TPSA) is 38.1 Å². The Morgan fingerprint density at radius 3 is 2.57 bits per heavy atom. The van der Waals surface area contributed by atoms with Gasteiger partial charge in [-0.15, -0.1) is 0 Å². The second-order valence-corrected chi connectivity index (χ2v) is 5.86. The number of imidazole rings is 1. The lowest BCUT2D eigenvalue weighted by atomic mass is 10.0. The molecule has 0 aliphatic heterocycles. The van der Waals surface area contributed by atoms with E-state index in [9.17, 15) is 5.11 Å². The summed E-state index contributed by atoms with van der Waals surface area (Å²) in [7, 11) is 0. The number of aliphatic hydroxyl groups excluding tert-OH is 1. The fourth-order valence-corrected chi connectivity index (χ4v) is 3.18. The fourth-order valence-electron chi connectivity index (χ4n) is 3.18. The molecule has 23 heavy (non-hydrogen) atoms. The highest BCUT2D eigenvalue weighted by atomic mass is 16.3. The number of nitrogens with zero attached hydrogens (tertiary/aromatic N) is 2. The van der Waals surface area contributed by atoms with Gasteiger partial charge in [-0.25, -0.2) is 4.98 Å². The van der Waals surface area contributed by atoms with E-state index < -0.39 is 6.10 Å². The molecule has 4 aromatic rings. The lowest BCUT2D eigenvalue weighted by molar-refractivity contribution is 0.185. The highest BCUT2D eigenvalue weighted by Gasteiger charge is 2.15. The van der Waals surface area contributed by atoms with E-state index in [-0.39, 0.29) is 0 Å². The minimum absolute atomic E-state index is 0.600. The maximum Gasteiger partial charge on any atom is 0.138 e. The maximum absolute atomic E-state index is 10.1. The van der Waals surface area contributed by atoms with Gasteiger partial charge in [0.05, 0.1) is 17.6 Å². The monoisotopic (exact) mass is 302 g/mol. The van der Waals surface area contributed by atoms with Crippen LogP contribution < -0.4 is 0 Å². The van der Waals surface area contributed by atoms with Crippen LogP contribution in [0.2, 0.25) is 0 Å². The molecule has 0 bridgehead atoms. The molecule has 0 radical (unpaired) electrons. The number of fused-ring (bicyclic) bond motifs is 2. The van der Waals surface area contributed by atoms with Gasteiger partial charge < -0.3 is 9.67 Å². The van der Waals surface area contributed by atoms with Gasteiger partial charge in [0.2, 0.25) is 0 Å². The Bertz CT molecular complexity index is 980. The van der Waals surface area contributed by atoms with Crippen molar-refractivity contribution >= 4 is 21.8 Å². The van der Waals surface area contributed by atoms with Gasteiger partial charge in [-0.05, 0) is 35.4 Å². The van der Waals surface area contributed by atoms with Crippen molar-refractivity contribution in [2.24, 2.45) is 0 Å². The van der Waals surface area contributed by atoms with Crippen molar-refractivity contribution in [3.05, 3.63) is 78.1 Å². The second-order valence-electron chi connectivity index (χ2n) is 5.86. The zero-order valence-electron chi connectivity index (χ0n) is 13.0. The van der Waals surface area contributed by atoms with E-state index in [0.717, 1.165) is 11.0 Å². The first-order chi connectivity index (χ1) is 11.2. The molecule has 0 fully saturated rings. The molecule has 0 spiro atoms. The molecule has 0 aliphatic carbocycles. The van der Waals surface area contributed by atoms with E-state index >= 15 is 0 Å². The molecule has 1 aromatic heterocycles. The molecule has 0 amide bonds. The van der Waals surface area contributed by atoms with Crippen molar-refractivity contribution in [3.63, 3.8) is 0 Å². The molecular formula is C20H18N2O. The van der Waals surface area contributed by atoms with Gasteiger partial charge >= 0.3 is 0 Å². The van der Waals surface area contributed by atoms with Crippen molar-refractivity contribution in [1.82, 2.24) is 9.55 Å². The lowest BCUT2D eigenvalue weighted by Crippen LogP contribution is -2.08. The third-order valence-electron chi connectivity index (χ3n) is 4.27. The Morgan fingerprint density at radius 2 is 1.70 bits per heavy atom. The van der Waals surface area contributed by atoms with Crippen LogP contribution >= 0.6 is 0 Å². The van der Waals surface area contributed by atoms with E-state index in [1.807, 2.05) is 18.2 Å². The summed E-state index contributed by atoms with van der Waals surface area (Å²) in [5.41, 5.74) is 3.20. The largest absolute Gasteiger partial charge is 0.385 e. The van der Waals surface area contributed by atoms with Crippen LogP contribution in [0.4, 0.5) is 0 Å². The molecule has 1 atom stereocenters. The first-order valence-corrected chi connectivity index (χ1v) is 7.84. The Kier molecular flexibility index (Phi) is 3.36. The Balaban J connectivity index is 1.91. The number of hydrogen-bond acceptors (Lipinski definition) is 2. The quantitative estimate of drug-likeness (QED) is 0.613. The summed E-state index contributed by atoms with van der Waals surface area (Å²) in [5, 5.41) is 12.6. The van der Waals surface area contributed by atoms with Crippen molar-refractivity contribution < 1.29 is 5.11 Å². The number of rotatable bonds is 3. The van der Waals surface area contributed by atoms with Crippen LogP contribution in [0.25, 0.3) is 21.8 Å². The average Bonchev–Trinajstić information content (AvgIpc) is 2.94. The summed E-state index contributed by atoms with van der Waals surface area (Å²) in [6.07, 6.45) is -0.600. The Morgan fingerprint density at radius 1 is 0.957 bits per heavy atom. The molecule has 3 nitrogen and oxygen atoms in total. The summed E-state index contributed by atoms with van der Waals surface area (Å²) < 4.78 is 2.11. The van der Waals surface area contributed by atoms with E-state index in [1.165, 1.54) is 16.3 Å². The first kappa shape index (κ1) is 14.0. The van der Waals surface area contributed by atoms with Crippen LogP contribution in [0.15, 0.2) is 66.7 Å². The van der Waals surface area contributed by atoms with E-state index in [4.69, 9.17) is 0 Å². The van der Waals surface area contributed by atoms with Crippen molar-refractivity contribution in [3.8, 4) is 0 Å². The molecule has 0 saturated heterocycles. The van der Waals surface area contributed by atoms with Crippen LogP contribution in [0.5, 0.6) is 0 Å². The van der Waals surface area contributed by atoms with E-state index in [1.54, 1.807) is 6.92 Å². The zero-order valence-corrected chi connectivity index (χ0v) is 13.0. The van der Waals surface area contributed by atoms with Crippen LogP contribution in [-0.4, -0.2) is 14.7 Å². The molecule has 0 aliphatic rings. The van der Waals surface area contributed by atoms with Gasteiger partial charge in [0.1, 0.15) is 11.9 Å². The molecule has 3 aromatic carbocycles. The third-order valence-corrected chi connectivity index (χ3v) is 4.27. The molecule has 1 N–H and O–H groups in total. The van der Waals surface area contributed by atoms with Gasteiger partial charge in [0.25, 0.3) is 0 Å². The number of para-hydroxylation sites is 2. The van der Waals surface area contributed by atoms with Gasteiger partial charge in [-0.3, -0.25) is 0 Å². The maximum atomic E-state index is 10.1. The molecule has 114 valence electrons. The summed E-state index contributed by atoms with van der Waals surface area (Å²) >= 11 is 0. The molecule has 1 heterocycles. The predicted octanol–water partition coefficient (Wildman–Crippen LogP) is 4.29. The highest BCUT2D eigenvalue weighted by Crippen LogP contribution is 2.25. The summed E-state index contributed by atoms with van der Waals surface area (Å²) in [4.78, 5) is 4.60. The van der Waals surface area contributed by atoms with E-state index in [0.29, 0.717) is 12.4 Å². The molecule has 0 saturated carbocycles. The fraction of sp³-hybridized carbons (Fsp3) is 0.150. The van der Waals surface area contributed by atoms with Crippen LogP contribution in [0.3, 0.4) is 0 Å². The number of aromatic nitrogens is 2. The lowest BCUT2D eigenvalue weighted by Gasteiger charge is -2.13. The van der Waals surface area contributed by atoms with Crippen LogP contribution in [0.1, 0.15) is 24.4 Å². The smallest absolute Gasteiger partial charge is 0.138 e. The van der Waals surface area contributed by atoms with Crippen LogP contribution in [0, 0.1) is 0 Å². The van der Waals surface area contributed by atoms with Crippen LogP contribution in [-0.2, 0) is 6.54 Å². The molecule has 1 unspecified atom stereocenters. The molecule has 4 rings (SSSR count). The highest BCUT2D eigenvalue weighted by molar-refractivity contribution is 5.86.